The van der Waals surface area contributed by atoms with Gasteiger partial charge < -0.3 is 16.0 Å². The van der Waals surface area contributed by atoms with Crippen LogP contribution in [-0.2, 0) is 13.0 Å². The predicted molar refractivity (Wildman–Crippen MR) is 120 cm³/mol. The van der Waals surface area contributed by atoms with Crippen molar-refractivity contribution in [2.24, 2.45) is 0 Å². The average Bonchev–Trinajstić information content (AvgIpc) is 2.74. The van der Waals surface area contributed by atoms with Crippen LogP contribution in [0.15, 0.2) is 42.6 Å². The Morgan fingerprint density at radius 1 is 1.16 bits per heavy atom. The third-order valence-electron chi connectivity index (χ3n) is 5.38. The summed E-state index contributed by atoms with van der Waals surface area (Å²) < 4.78 is 15.1. The van der Waals surface area contributed by atoms with Gasteiger partial charge in [0.2, 0.25) is 5.82 Å². The SMILES string of the molecule is CN(C)Cc1cc(-c2cnc(N)c(-c3ccc4c(c3)CCNC4=O)c2)c(F)c([N+](=O)[O-])c1. The fourth-order valence-electron chi connectivity index (χ4n) is 3.92. The summed E-state index contributed by atoms with van der Waals surface area (Å²) in [4.78, 5) is 28.8. The highest BCUT2D eigenvalue weighted by Gasteiger charge is 2.23. The molecule has 2 aromatic carbocycles. The van der Waals surface area contributed by atoms with E-state index in [1.165, 1.54) is 12.3 Å². The lowest BCUT2D eigenvalue weighted by Gasteiger charge is -2.18. The van der Waals surface area contributed by atoms with E-state index in [0.717, 1.165) is 11.1 Å². The van der Waals surface area contributed by atoms with Gasteiger partial charge in [-0.05, 0) is 55.4 Å². The Labute approximate surface area is 184 Å². The minimum absolute atomic E-state index is 0.0853. The molecule has 0 radical (unpaired) electrons. The average molecular weight is 435 g/mol. The number of hydrogen-bond acceptors (Lipinski definition) is 6. The molecule has 164 valence electrons. The standard InChI is InChI=1S/C23H22FN5O3/c1-28(2)12-13-7-18(21(24)20(8-13)29(31)32)16-10-19(22(25)27-11-16)14-3-4-17-15(9-14)5-6-26-23(17)30/h3-4,7-11H,5-6,12H2,1-2H3,(H2,25,27)(H,26,30). The minimum atomic E-state index is -0.919. The number of nitro benzene ring substituents is 1. The number of nitrogens with one attached hydrogen (secondary N) is 1. The fraction of sp³-hybridized carbons (Fsp3) is 0.217. The van der Waals surface area contributed by atoms with Gasteiger partial charge in [-0.15, -0.1) is 0 Å². The molecule has 0 saturated carbocycles. The first-order chi connectivity index (χ1) is 15.2. The van der Waals surface area contributed by atoms with Crippen LogP contribution in [0.2, 0.25) is 0 Å². The van der Waals surface area contributed by atoms with E-state index in [4.69, 9.17) is 5.73 Å². The number of nitrogens with zero attached hydrogens (tertiary/aromatic N) is 3. The number of rotatable bonds is 5. The number of nitro groups is 1. The van der Waals surface area contributed by atoms with E-state index in [0.29, 0.717) is 41.8 Å². The summed E-state index contributed by atoms with van der Waals surface area (Å²) in [6, 6.07) is 9.90. The number of hydrogen-bond donors (Lipinski definition) is 2. The van der Waals surface area contributed by atoms with Crippen molar-refractivity contribution in [3.8, 4) is 22.3 Å². The molecule has 32 heavy (non-hydrogen) atoms. The van der Waals surface area contributed by atoms with Crippen LogP contribution in [0, 0.1) is 15.9 Å². The number of carbonyl (C=O) groups excluding carboxylic acids is 1. The first kappa shape index (κ1) is 21.4. The Kier molecular flexibility index (Phi) is 5.58. The molecule has 3 aromatic rings. The van der Waals surface area contributed by atoms with Gasteiger partial charge in [0, 0.05) is 47.6 Å². The monoisotopic (exact) mass is 435 g/mol. The van der Waals surface area contributed by atoms with E-state index in [9.17, 15) is 14.9 Å². The summed E-state index contributed by atoms with van der Waals surface area (Å²) >= 11 is 0. The third kappa shape index (κ3) is 4.02. The number of pyridine rings is 1. The van der Waals surface area contributed by atoms with E-state index >= 15 is 4.39 Å². The van der Waals surface area contributed by atoms with Gasteiger partial charge >= 0.3 is 5.69 Å². The van der Waals surface area contributed by atoms with Crippen molar-refractivity contribution in [1.82, 2.24) is 15.2 Å². The van der Waals surface area contributed by atoms with Crippen LogP contribution in [0.1, 0.15) is 21.5 Å². The van der Waals surface area contributed by atoms with Crippen molar-refractivity contribution < 1.29 is 14.1 Å². The van der Waals surface area contributed by atoms with Gasteiger partial charge in [0.25, 0.3) is 5.91 Å². The van der Waals surface area contributed by atoms with Gasteiger partial charge in [-0.1, -0.05) is 12.1 Å². The number of nitrogens with two attached hydrogens (primary N) is 1. The highest BCUT2D eigenvalue weighted by molar-refractivity contribution is 5.97. The molecular formula is C23H22FN5O3. The first-order valence-electron chi connectivity index (χ1n) is 10.0. The number of amides is 1. The van der Waals surface area contributed by atoms with Crippen LogP contribution in [0.3, 0.4) is 0 Å². The molecule has 2 heterocycles. The Bertz CT molecular complexity index is 1240. The smallest absolute Gasteiger partial charge is 0.305 e. The molecule has 4 rings (SSSR count). The number of fused-ring (bicyclic) bond motifs is 1. The molecule has 1 amide bonds. The summed E-state index contributed by atoms with van der Waals surface area (Å²) in [5, 5.41) is 14.2. The van der Waals surface area contributed by atoms with Gasteiger partial charge in [-0.2, -0.15) is 4.39 Å². The highest BCUT2D eigenvalue weighted by Crippen LogP contribution is 2.35. The van der Waals surface area contributed by atoms with Crippen LogP contribution in [-0.4, -0.2) is 41.4 Å². The molecule has 1 aliphatic heterocycles. The summed E-state index contributed by atoms with van der Waals surface area (Å²) in [6.45, 7) is 0.965. The molecule has 9 heteroatoms. The van der Waals surface area contributed by atoms with Crippen LogP contribution in [0.4, 0.5) is 15.9 Å². The first-order valence-corrected chi connectivity index (χ1v) is 10.0. The van der Waals surface area contributed by atoms with Gasteiger partial charge in [-0.3, -0.25) is 14.9 Å². The predicted octanol–water partition coefficient (Wildman–Crippen LogP) is 3.39. The molecule has 1 aliphatic rings. The topological polar surface area (TPSA) is 114 Å². The normalized spacial score (nSPS) is 13.1. The lowest BCUT2D eigenvalue weighted by atomic mass is 9.93. The molecule has 0 bridgehead atoms. The second-order valence-corrected chi connectivity index (χ2v) is 8.01. The minimum Gasteiger partial charge on any atom is -0.383 e. The quantitative estimate of drug-likeness (QED) is 0.469. The Balaban J connectivity index is 1.84. The Hall–Kier alpha value is -3.85. The fourth-order valence-corrected chi connectivity index (χ4v) is 3.92. The van der Waals surface area contributed by atoms with Crippen molar-refractivity contribution in [3.05, 3.63) is 75.2 Å². The summed E-state index contributed by atoms with van der Waals surface area (Å²) in [5.41, 5.74) is 9.42. The lowest BCUT2D eigenvalue weighted by Crippen LogP contribution is -2.31. The maximum absolute atomic E-state index is 15.1. The van der Waals surface area contributed by atoms with Crippen LogP contribution in [0.25, 0.3) is 22.3 Å². The number of benzene rings is 2. The van der Waals surface area contributed by atoms with Crippen LogP contribution < -0.4 is 11.1 Å². The van der Waals surface area contributed by atoms with Crippen molar-refractivity contribution in [1.29, 1.82) is 0 Å². The highest BCUT2D eigenvalue weighted by atomic mass is 19.1. The molecule has 0 aliphatic carbocycles. The van der Waals surface area contributed by atoms with E-state index in [1.54, 1.807) is 24.3 Å². The number of aromatic nitrogens is 1. The molecule has 0 spiro atoms. The number of halogens is 1. The molecular weight excluding hydrogens is 413 g/mol. The van der Waals surface area contributed by atoms with Crippen LogP contribution in [0.5, 0.6) is 0 Å². The summed E-state index contributed by atoms with van der Waals surface area (Å²) in [7, 11) is 3.65. The van der Waals surface area contributed by atoms with Crippen molar-refractivity contribution in [2.75, 3.05) is 26.4 Å². The zero-order valence-electron chi connectivity index (χ0n) is 17.7. The van der Waals surface area contributed by atoms with Crippen molar-refractivity contribution in [3.63, 3.8) is 0 Å². The van der Waals surface area contributed by atoms with E-state index < -0.39 is 16.4 Å². The number of carbonyl (C=O) groups is 1. The second kappa shape index (κ2) is 8.35. The zero-order valence-corrected chi connectivity index (χ0v) is 17.7. The van der Waals surface area contributed by atoms with Crippen molar-refractivity contribution >= 4 is 17.4 Å². The van der Waals surface area contributed by atoms with E-state index in [1.807, 2.05) is 25.1 Å². The van der Waals surface area contributed by atoms with E-state index in [-0.39, 0.29) is 17.3 Å². The van der Waals surface area contributed by atoms with Gasteiger partial charge in [-0.25, -0.2) is 4.98 Å². The van der Waals surface area contributed by atoms with E-state index in [2.05, 4.69) is 10.3 Å². The molecule has 0 fully saturated rings. The molecule has 8 nitrogen and oxygen atoms in total. The van der Waals surface area contributed by atoms with Crippen LogP contribution >= 0.6 is 0 Å². The molecule has 0 atom stereocenters. The van der Waals surface area contributed by atoms with Crippen molar-refractivity contribution in [2.45, 2.75) is 13.0 Å². The maximum Gasteiger partial charge on any atom is 0.305 e. The third-order valence-corrected chi connectivity index (χ3v) is 5.38. The molecule has 1 aromatic heterocycles. The summed E-state index contributed by atoms with van der Waals surface area (Å²) in [5.74, 6) is -0.796. The largest absolute Gasteiger partial charge is 0.383 e. The number of nitrogen functional groups attached to an aromatic ring is 1. The zero-order chi connectivity index (χ0) is 23.0. The lowest BCUT2D eigenvalue weighted by molar-refractivity contribution is -0.387. The Morgan fingerprint density at radius 3 is 2.66 bits per heavy atom. The van der Waals surface area contributed by atoms with Gasteiger partial charge in [0.1, 0.15) is 5.82 Å². The molecule has 0 unspecified atom stereocenters. The maximum atomic E-state index is 15.1. The van der Waals surface area contributed by atoms with Gasteiger partial charge in [0.15, 0.2) is 0 Å². The second-order valence-electron chi connectivity index (χ2n) is 8.01. The van der Waals surface area contributed by atoms with Gasteiger partial charge in [0.05, 0.1) is 4.92 Å². The molecule has 0 saturated heterocycles. The Morgan fingerprint density at radius 2 is 1.94 bits per heavy atom. The number of anilines is 1. The summed E-state index contributed by atoms with van der Waals surface area (Å²) in [6.07, 6.45) is 2.10. The molecule has 3 N–H and O–H groups in total.